The Hall–Kier alpha value is -0.600. The highest BCUT2D eigenvalue weighted by atomic mass is 35.5. The predicted octanol–water partition coefficient (Wildman–Crippen LogP) is 3.04. The Balaban J connectivity index is 2.78. The molecule has 3 nitrogen and oxygen atoms in total. The summed E-state index contributed by atoms with van der Waals surface area (Å²) in [6, 6.07) is 0. The van der Waals surface area contributed by atoms with Crippen LogP contribution in [-0.2, 0) is 9.84 Å². The Labute approximate surface area is 98.5 Å². The van der Waals surface area contributed by atoms with Gasteiger partial charge in [-0.2, -0.15) is 8.78 Å². The molecular formula is C7H5ClF3NO2S2. The predicted molar refractivity (Wildman–Crippen MR) is 54.1 cm³/mol. The smallest absolute Gasteiger partial charge is 0.221 e. The maximum atomic E-state index is 12.4. The topological polar surface area (TPSA) is 47.0 Å². The lowest BCUT2D eigenvalue weighted by Gasteiger charge is -1.98. The fourth-order valence-electron chi connectivity index (χ4n) is 0.788. The minimum Gasteiger partial charge on any atom is -0.221 e. The fraction of sp³-hybridized carbons (Fsp3) is 0.286. The monoisotopic (exact) mass is 291 g/mol. The van der Waals surface area contributed by atoms with Crippen LogP contribution in [0.4, 0.5) is 13.2 Å². The highest BCUT2D eigenvalue weighted by molar-refractivity contribution is 7.93. The molecule has 16 heavy (non-hydrogen) atoms. The molecule has 0 fully saturated rings. The average Bonchev–Trinajstić information content (AvgIpc) is 2.61. The van der Waals surface area contributed by atoms with Gasteiger partial charge in [-0.25, -0.2) is 17.8 Å². The van der Waals surface area contributed by atoms with Crippen LogP contribution in [0.2, 0.25) is 5.15 Å². The summed E-state index contributed by atoms with van der Waals surface area (Å²) in [5.74, 6) is -2.49. The average molecular weight is 292 g/mol. The third-order valence-corrected chi connectivity index (χ3v) is 4.89. The first kappa shape index (κ1) is 13.5. The van der Waals surface area contributed by atoms with Crippen LogP contribution in [0.15, 0.2) is 21.6 Å². The molecular weight excluding hydrogens is 287 g/mol. The molecule has 0 atom stereocenters. The van der Waals surface area contributed by atoms with Crippen LogP contribution >= 0.6 is 22.9 Å². The van der Waals surface area contributed by atoms with Gasteiger partial charge in [0.25, 0.3) is 0 Å². The lowest BCUT2D eigenvalue weighted by atomic mass is 10.4. The Kier molecular flexibility index (Phi) is 4.34. The van der Waals surface area contributed by atoms with Crippen molar-refractivity contribution >= 4 is 32.8 Å². The van der Waals surface area contributed by atoms with Crippen LogP contribution in [0.25, 0.3) is 0 Å². The van der Waals surface area contributed by atoms with Gasteiger partial charge in [0.1, 0.15) is 5.15 Å². The minimum atomic E-state index is -3.85. The number of thiazole rings is 1. The number of nitrogens with zero attached hydrogens (tertiary/aromatic N) is 1. The molecule has 0 radical (unpaired) electrons. The van der Waals surface area contributed by atoms with Crippen LogP contribution in [0.1, 0.15) is 6.42 Å². The van der Waals surface area contributed by atoms with E-state index in [-0.39, 0.29) is 9.49 Å². The van der Waals surface area contributed by atoms with Gasteiger partial charge in [0.15, 0.2) is 5.83 Å². The fourth-order valence-corrected chi connectivity index (χ4v) is 3.35. The summed E-state index contributed by atoms with van der Waals surface area (Å²) in [5.41, 5.74) is 0. The summed E-state index contributed by atoms with van der Waals surface area (Å²) in [6.07, 6.45) is -3.38. The third-order valence-electron chi connectivity index (χ3n) is 1.52. The largest absolute Gasteiger partial charge is 0.301 e. The van der Waals surface area contributed by atoms with E-state index in [9.17, 15) is 21.6 Å². The van der Waals surface area contributed by atoms with E-state index in [0.29, 0.717) is 0 Å². The third kappa shape index (κ3) is 3.46. The van der Waals surface area contributed by atoms with Gasteiger partial charge in [-0.3, -0.25) is 0 Å². The van der Waals surface area contributed by atoms with E-state index in [0.717, 1.165) is 11.3 Å². The Bertz CT molecular complexity index is 507. The van der Waals surface area contributed by atoms with Crippen molar-refractivity contribution in [3.8, 4) is 0 Å². The highest BCUT2D eigenvalue weighted by Crippen LogP contribution is 2.22. The van der Waals surface area contributed by atoms with E-state index in [1.54, 1.807) is 0 Å². The molecule has 0 amide bonds. The second-order valence-electron chi connectivity index (χ2n) is 2.67. The first-order valence-electron chi connectivity index (χ1n) is 3.86. The van der Waals surface area contributed by atoms with Crippen molar-refractivity contribution in [1.82, 2.24) is 4.98 Å². The number of hydrogen-bond acceptors (Lipinski definition) is 4. The van der Waals surface area contributed by atoms with Crippen molar-refractivity contribution in [2.75, 3.05) is 5.75 Å². The summed E-state index contributed by atoms with van der Waals surface area (Å²) in [4.78, 5) is 3.48. The van der Waals surface area contributed by atoms with Crippen LogP contribution in [0.5, 0.6) is 0 Å². The number of rotatable bonds is 4. The molecule has 1 heterocycles. The van der Waals surface area contributed by atoms with E-state index in [1.165, 1.54) is 5.38 Å². The minimum absolute atomic E-state index is 0.00346. The van der Waals surface area contributed by atoms with E-state index >= 15 is 0 Å². The normalized spacial score (nSPS) is 11.5. The molecule has 0 unspecified atom stereocenters. The molecule has 1 aromatic heterocycles. The molecule has 0 aromatic carbocycles. The van der Waals surface area contributed by atoms with Crippen LogP contribution in [-0.4, -0.2) is 19.2 Å². The molecule has 0 N–H and O–H groups in total. The maximum Gasteiger partial charge on any atom is 0.301 e. The van der Waals surface area contributed by atoms with Crippen molar-refractivity contribution in [1.29, 1.82) is 0 Å². The van der Waals surface area contributed by atoms with Crippen molar-refractivity contribution < 1.29 is 21.6 Å². The van der Waals surface area contributed by atoms with Crippen LogP contribution < -0.4 is 0 Å². The van der Waals surface area contributed by atoms with E-state index < -0.39 is 33.9 Å². The first-order chi connectivity index (χ1) is 7.33. The lowest BCUT2D eigenvalue weighted by Crippen LogP contribution is -2.06. The van der Waals surface area contributed by atoms with E-state index in [1.807, 2.05) is 0 Å². The van der Waals surface area contributed by atoms with Crippen LogP contribution in [0, 0.1) is 0 Å². The molecule has 0 aliphatic rings. The summed E-state index contributed by atoms with van der Waals surface area (Å²) < 4.78 is 58.3. The van der Waals surface area contributed by atoms with Crippen molar-refractivity contribution in [3.05, 3.63) is 22.4 Å². The number of sulfone groups is 1. The van der Waals surface area contributed by atoms with Crippen molar-refractivity contribution in [2.24, 2.45) is 0 Å². The number of aromatic nitrogens is 1. The van der Waals surface area contributed by atoms with E-state index in [2.05, 4.69) is 4.98 Å². The van der Waals surface area contributed by atoms with Gasteiger partial charge in [-0.1, -0.05) is 11.6 Å². The summed E-state index contributed by atoms with van der Waals surface area (Å²) in [6.45, 7) is 0. The molecule has 90 valence electrons. The van der Waals surface area contributed by atoms with Crippen LogP contribution in [0.3, 0.4) is 0 Å². The van der Waals surface area contributed by atoms with Gasteiger partial charge >= 0.3 is 6.08 Å². The molecule has 0 saturated carbocycles. The Morgan fingerprint density at radius 3 is 2.50 bits per heavy atom. The highest BCUT2D eigenvalue weighted by Gasteiger charge is 2.20. The zero-order valence-corrected chi connectivity index (χ0v) is 9.97. The molecule has 0 saturated heterocycles. The molecule has 9 heteroatoms. The van der Waals surface area contributed by atoms with E-state index in [4.69, 9.17) is 11.6 Å². The van der Waals surface area contributed by atoms with Gasteiger partial charge in [0.2, 0.25) is 14.2 Å². The van der Waals surface area contributed by atoms with Crippen molar-refractivity contribution in [3.63, 3.8) is 0 Å². The van der Waals surface area contributed by atoms with Crippen molar-refractivity contribution in [2.45, 2.75) is 10.8 Å². The van der Waals surface area contributed by atoms with Gasteiger partial charge in [0, 0.05) is 11.8 Å². The quantitative estimate of drug-likeness (QED) is 0.856. The number of hydrogen-bond donors (Lipinski definition) is 0. The Morgan fingerprint density at radius 1 is 1.44 bits per heavy atom. The molecule has 0 bridgehead atoms. The number of allylic oxidation sites excluding steroid dienone is 1. The Morgan fingerprint density at radius 2 is 2.06 bits per heavy atom. The summed E-state index contributed by atoms with van der Waals surface area (Å²) >= 11 is 6.17. The second kappa shape index (κ2) is 5.15. The standard InChI is InChI=1S/C7H5ClF3NO2S2/c8-5-3-15-7(12-5)16(13,14)2-1-4(9)6(10)11/h3H,1-2H2. The first-order valence-corrected chi connectivity index (χ1v) is 6.77. The van der Waals surface area contributed by atoms with Gasteiger partial charge in [-0.15, -0.1) is 11.3 Å². The molecule has 0 spiro atoms. The molecule has 0 aliphatic carbocycles. The van der Waals surface area contributed by atoms with Gasteiger partial charge in [-0.05, 0) is 0 Å². The molecule has 0 aliphatic heterocycles. The maximum absolute atomic E-state index is 12.4. The lowest BCUT2D eigenvalue weighted by molar-refractivity contribution is 0.373. The zero-order valence-electron chi connectivity index (χ0n) is 7.58. The number of halogens is 4. The summed E-state index contributed by atoms with van der Waals surface area (Å²) in [5, 5.41) is 1.28. The zero-order chi connectivity index (χ0) is 12.3. The van der Waals surface area contributed by atoms with Gasteiger partial charge in [0.05, 0.1) is 5.75 Å². The SMILES string of the molecule is O=S(=O)(CCC(F)=C(F)F)c1nc(Cl)cs1. The molecule has 1 aromatic rings. The van der Waals surface area contributed by atoms with Gasteiger partial charge < -0.3 is 0 Å². The second-order valence-corrected chi connectivity index (χ2v) is 6.20. The summed E-state index contributed by atoms with van der Waals surface area (Å²) in [7, 11) is -3.85. The molecule has 1 rings (SSSR count).